The summed E-state index contributed by atoms with van der Waals surface area (Å²) in [6, 6.07) is -0.644. The number of carbonyl (C=O) groups is 2. The number of carbonyl (C=O) groups excluding carboxylic acids is 2. The van der Waals surface area contributed by atoms with E-state index in [4.69, 9.17) is 0 Å². The van der Waals surface area contributed by atoms with Crippen molar-refractivity contribution >= 4 is 11.8 Å². The zero-order valence-corrected chi connectivity index (χ0v) is 14.0. The largest absolute Gasteiger partial charge is 0.357 e. The van der Waals surface area contributed by atoms with Crippen molar-refractivity contribution in [1.29, 1.82) is 0 Å². The third-order valence-electron chi connectivity index (χ3n) is 3.41. The highest BCUT2D eigenvalue weighted by Gasteiger charge is 2.30. The molecule has 118 valence electrons. The fraction of sp³-hybridized carbons (Fsp3) is 0.867. The Hall–Kier alpha value is -1.10. The topological polar surface area (TPSA) is 61.4 Å². The fourth-order valence-corrected chi connectivity index (χ4v) is 2.27. The Balaban J connectivity index is 4.97. The van der Waals surface area contributed by atoms with E-state index < -0.39 is 6.04 Å². The molecular formula is C15H31N3O2. The molecule has 0 aromatic heterocycles. The van der Waals surface area contributed by atoms with Crippen molar-refractivity contribution in [3.63, 3.8) is 0 Å². The van der Waals surface area contributed by atoms with Gasteiger partial charge in [-0.2, -0.15) is 0 Å². The molecule has 2 N–H and O–H groups in total. The number of nitrogens with one attached hydrogen (secondary N) is 2. The molecule has 0 bridgehead atoms. The van der Waals surface area contributed by atoms with Gasteiger partial charge in [0.15, 0.2) is 0 Å². The number of nitrogens with zero attached hydrogens (tertiary/aromatic N) is 1. The first kappa shape index (κ1) is 18.9. The van der Waals surface area contributed by atoms with E-state index in [0.717, 1.165) is 6.42 Å². The van der Waals surface area contributed by atoms with Crippen LogP contribution in [0.5, 0.6) is 0 Å². The summed E-state index contributed by atoms with van der Waals surface area (Å²) in [5.74, 6) is 0.656. The molecule has 0 fully saturated rings. The van der Waals surface area contributed by atoms with E-state index in [1.807, 2.05) is 0 Å². The molecule has 5 heteroatoms. The summed E-state index contributed by atoms with van der Waals surface area (Å²) in [6.45, 7) is 8.28. The van der Waals surface area contributed by atoms with Gasteiger partial charge in [-0.15, -0.1) is 0 Å². The summed E-state index contributed by atoms with van der Waals surface area (Å²) in [5.41, 5.74) is 0. The Kier molecular flexibility index (Phi) is 8.46. The van der Waals surface area contributed by atoms with Gasteiger partial charge in [0, 0.05) is 14.1 Å². The van der Waals surface area contributed by atoms with Gasteiger partial charge < -0.3 is 15.5 Å². The van der Waals surface area contributed by atoms with Crippen LogP contribution in [0.4, 0.5) is 0 Å². The molecule has 0 rings (SSSR count). The zero-order chi connectivity index (χ0) is 15.9. The van der Waals surface area contributed by atoms with Gasteiger partial charge in [-0.05, 0) is 31.7 Å². The predicted molar refractivity (Wildman–Crippen MR) is 82.4 cm³/mol. The molecule has 0 saturated heterocycles. The van der Waals surface area contributed by atoms with Crippen molar-refractivity contribution in [2.45, 2.75) is 52.6 Å². The Morgan fingerprint density at radius 2 is 1.50 bits per heavy atom. The van der Waals surface area contributed by atoms with Crippen LogP contribution in [0, 0.1) is 11.8 Å². The van der Waals surface area contributed by atoms with Crippen LogP contribution in [-0.4, -0.2) is 49.9 Å². The molecule has 0 aromatic carbocycles. The van der Waals surface area contributed by atoms with Crippen LogP contribution in [0.15, 0.2) is 0 Å². The van der Waals surface area contributed by atoms with E-state index in [9.17, 15) is 9.59 Å². The highest BCUT2D eigenvalue weighted by atomic mass is 16.2. The van der Waals surface area contributed by atoms with Crippen LogP contribution in [0.25, 0.3) is 0 Å². The molecule has 1 unspecified atom stereocenters. The Labute approximate surface area is 123 Å². The van der Waals surface area contributed by atoms with E-state index in [0.29, 0.717) is 18.3 Å². The molecule has 0 aliphatic rings. The minimum absolute atomic E-state index is 0.0181. The molecule has 0 radical (unpaired) electrons. The molecule has 0 aliphatic carbocycles. The van der Waals surface area contributed by atoms with Crippen molar-refractivity contribution in [2.75, 3.05) is 21.1 Å². The second kappa shape index (κ2) is 8.95. The summed E-state index contributed by atoms with van der Waals surface area (Å²) in [6.07, 6.45) is 1.43. The highest BCUT2D eigenvalue weighted by molar-refractivity contribution is 5.89. The molecule has 2 amide bonds. The summed E-state index contributed by atoms with van der Waals surface area (Å²) in [7, 11) is 5.11. The quantitative estimate of drug-likeness (QED) is 0.705. The van der Waals surface area contributed by atoms with Crippen molar-refractivity contribution in [2.24, 2.45) is 11.8 Å². The van der Waals surface area contributed by atoms with Crippen LogP contribution in [0.1, 0.15) is 40.5 Å². The van der Waals surface area contributed by atoms with Gasteiger partial charge in [-0.1, -0.05) is 27.7 Å². The molecule has 0 aliphatic heterocycles. The first-order valence-electron chi connectivity index (χ1n) is 7.40. The number of rotatable bonds is 8. The Bertz CT molecular complexity index is 316. The van der Waals surface area contributed by atoms with Crippen molar-refractivity contribution in [3.05, 3.63) is 0 Å². The monoisotopic (exact) mass is 285 g/mol. The zero-order valence-electron chi connectivity index (χ0n) is 14.0. The summed E-state index contributed by atoms with van der Waals surface area (Å²) >= 11 is 0. The molecule has 0 heterocycles. The maximum absolute atomic E-state index is 12.5. The van der Waals surface area contributed by atoms with Gasteiger partial charge in [0.05, 0.1) is 6.04 Å². The lowest BCUT2D eigenvalue weighted by atomic mass is 9.99. The SMILES string of the molecule is CNC(=O)C(CC(C)C)N(C)C(=O)[C@H](CC(C)C)NC. The number of amides is 2. The van der Waals surface area contributed by atoms with Crippen LogP contribution in [0.3, 0.4) is 0 Å². The molecule has 5 nitrogen and oxygen atoms in total. The van der Waals surface area contributed by atoms with Crippen molar-refractivity contribution < 1.29 is 9.59 Å². The van der Waals surface area contributed by atoms with Gasteiger partial charge >= 0.3 is 0 Å². The van der Waals surface area contributed by atoms with E-state index in [1.165, 1.54) is 0 Å². The third kappa shape index (κ3) is 5.90. The predicted octanol–water partition coefficient (Wildman–Crippen LogP) is 1.24. The first-order valence-corrected chi connectivity index (χ1v) is 7.40. The summed E-state index contributed by atoms with van der Waals surface area (Å²) in [5, 5.41) is 5.71. The standard InChI is InChI=1S/C15H31N3O2/c1-10(2)8-12(16-5)15(20)18(7)13(9-11(3)4)14(19)17-6/h10-13,16H,8-9H2,1-7H3,(H,17,19)/t12-,13?/m0/s1. The summed E-state index contributed by atoms with van der Waals surface area (Å²) in [4.78, 5) is 26.1. The second-order valence-corrected chi connectivity index (χ2v) is 6.18. The molecule has 0 aromatic rings. The van der Waals surface area contributed by atoms with Gasteiger partial charge in [0.2, 0.25) is 11.8 Å². The molecule has 0 saturated carbocycles. The van der Waals surface area contributed by atoms with Crippen molar-refractivity contribution in [1.82, 2.24) is 15.5 Å². The molecular weight excluding hydrogens is 254 g/mol. The average molecular weight is 285 g/mol. The molecule has 2 atom stereocenters. The smallest absolute Gasteiger partial charge is 0.242 e. The second-order valence-electron chi connectivity index (χ2n) is 6.18. The maximum Gasteiger partial charge on any atom is 0.242 e. The number of hydrogen-bond acceptors (Lipinski definition) is 3. The van der Waals surface area contributed by atoms with Crippen LogP contribution in [-0.2, 0) is 9.59 Å². The minimum Gasteiger partial charge on any atom is -0.357 e. The average Bonchev–Trinajstić information content (AvgIpc) is 2.39. The van der Waals surface area contributed by atoms with Crippen LogP contribution < -0.4 is 10.6 Å². The van der Waals surface area contributed by atoms with Crippen LogP contribution >= 0.6 is 0 Å². The third-order valence-corrected chi connectivity index (χ3v) is 3.41. The van der Waals surface area contributed by atoms with E-state index in [2.05, 4.69) is 38.3 Å². The molecule has 20 heavy (non-hydrogen) atoms. The van der Waals surface area contributed by atoms with E-state index in [1.54, 1.807) is 26.0 Å². The minimum atomic E-state index is -0.407. The normalized spacial score (nSPS) is 14.2. The number of likely N-dealkylation sites (N-methyl/N-ethyl adjacent to an activating group) is 3. The Morgan fingerprint density at radius 3 is 1.85 bits per heavy atom. The van der Waals surface area contributed by atoms with Gasteiger partial charge in [-0.3, -0.25) is 9.59 Å². The Morgan fingerprint density at radius 1 is 1.00 bits per heavy atom. The first-order chi connectivity index (χ1) is 9.24. The van der Waals surface area contributed by atoms with Crippen molar-refractivity contribution in [3.8, 4) is 0 Å². The fourth-order valence-electron chi connectivity index (χ4n) is 2.27. The van der Waals surface area contributed by atoms with Gasteiger partial charge in [-0.25, -0.2) is 0 Å². The van der Waals surface area contributed by atoms with Gasteiger partial charge in [0.1, 0.15) is 6.04 Å². The lowest BCUT2D eigenvalue weighted by Gasteiger charge is -2.31. The highest BCUT2D eigenvalue weighted by Crippen LogP contribution is 2.14. The lowest BCUT2D eigenvalue weighted by Crippen LogP contribution is -2.53. The summed E-state index contributed by atoms with van der Waals surface area (Å²) < 4.78 is 0. The lowest BCUT2D eigenvalue weighted by molar-refractivity contribution is -0.141. The van der Waals surface area contributed by atoms with E-state index in [-0.39, 0.29) is 17.9 Å². The van der Waals surface area contributed by atoms with E-state index >= 15 is 0 Å². The van der Waals surface area contributed by atoms with Crippen LogP contribution in [0.2, 0.25) is 0 Å². The molecule has 0 spiro atoms. The maximum atomic E-state index is 12.5. The number of hydrogen-bond donors (Lipinski definition) is 2. The van der Waals surface area contributed by atoms with Gasteiger partial charge in [0.25, 0.3) is 0 Å².